The number of rotatable bonds is 4. The number of aromatic carboxylic acids is 1. The van der Waals surface area contributed by atoms with Crippen LogP contribution >= 0.6 is 0 Å². The topological polar surface area (TPSA) is 124 Å². The number of hydrogen-bond acceptors (Lipinski definition) is 7. The zero-order valence-corrected chi connectivity index (χ0v) is 15.8. The standard InChI is InChI=1S/C15H15F3N2O7S/c1-7-6-20-9(5-8(19-20)12(21)22)11(27-28(24,25)15(16,17)18)10(7)13(23)26-14(2,3)4/h5-6H,1-4H3,(H,21,22). The van der Waals surface area contributed by atoms with E-state index in [0.717, 1.165) is 16.8 Å². The molecule has 0 aliphatic heterocycles. The maximum absolute atomic E-state index is 12.8. The number of fused-ring (bicyclic) bond motifs is 1. The van der Waals surface area contributed by atoms with E-state index in [9.17, 15) is 31.2 Å². The molecular formula is C15H15F3N2O7S. The summed E-state index contributed by atoms with van der Waals surface area (Å²) in [6.45, 7) is 5.75. The molecule has 13 heteroatoms. The molecule has 0 unspecified atom stereocenters. The minimum atomic E-state index is -6.17. The molecule has 1 N–H and O–H groups in total. The number of esters is 1. The fourth-order valence-electron chi connectivity index (χ4n) is 2.15. The van der Waals surface area contributed by atoms with Gasteiger partial charge in [0.25, 0.3) is 0 Å². The molecule has 0 aliphatic carbocycles. The average Bonchev–Trinajstić information content (AvgIpc) is 2.87. The van der Waals surface area contributed by atoms with Crippen LogP contribution in [0.1, 0.15) is 47.2 Å². The first-order valence-corrected chi connectivity index (χ1v) is 8.94. The Morgan fingerprint density at radius 1 is 1.21 bits per heavy atom. The quantitative estimate of drug-likeness (QED) is 0.451. The second kappa shape index (κ2) is 6.65. The number of alkyl halides is 3. The molecule has 0 amide bonds. The van der Waals surface area contributed by atoms with Crippen molar-refractivity contribution >= 4 is 27.6 Å². The predicted molar refractivity (Wildman–Crippen MR) is 87.7 cm³/mol. The highest BCUT2D eigenvalue weighted by molar-refractivity contribution is 7.88. The lowest BCUT2D eigenvalue weighted by Gasteiger charge is -2.21. The van der Waals surface area contributed by atoms with Crippen molar-refractivity contribution in [2.75, 3.05) is 0 Å². The van der Waals surface area contributed by atoms with E-state index in [1.165, 1.54) is 27.7 Å². The molecule has 154 valence electrons. The van der Waals surface area contributed by atoms with Crippen LogP contribution in [0.3, 0.4) is 0 Å². The molecule has 0 aliphatic rings. The van der Waals surface area contributed by atoms with Crippen molar-refractivity contribution in [2.24, 2.45) is 0 Å². The lowest BCUT2D eigenvalue weighted by Crippen LogP contribution is -2.30. The minimum Gasteiger partial charge on any atom is -0.476 e. The lowest BCUT2D eigenvalue weighted by molar-refractivity contribution is -0.0500. The third-order valence-corrected chi connectivity index (χ3v) is 4.16. The van der Waals surface area contributed by atoms with E-state index >= 15 is 0 Å². The summed E-state index contributed by atoms with van der Waals surface area (Å²) < 4.78 is 71.6. The number of hydrogen-bond donors (Lipinski definition) is 1. The van der Waals surface area contributed by atoms with Crippen molar-refractivity contribution in [3.63, 3.8) is 0 Å². The SMILES string of the molecule is Cc1cn2nc(C(=O)O)cc2c(OS(=O)(=O)C(F)(F)F)c1C(=O)OC(C)(C)C. The Morgan fingerprint density at radius 2 is 1.79 bits per heavy atom. The highest BCUT2D eigenvalue weighted by Crippen LogP contribution is 2.35. The number of pyridine rings is 1. The van der Waals surface area contributed by atoms with Crippen molar-refractivity contribution in [3.8, 4) is 5.75 Å². The Balaban J connectivity index is 2.82. The van der Waals surface area contributed by atoms with Gasteiger partial charge in [0.15, 0.2) is 11.4 Å². The van der Waals surface area contributed by atoms with Gasteiger partial charge in [-0.3, -0.25) is 0 Å². The number of carbonyl (C=O) groups excluding carboxylic acids is 1. The summed E-state index contributed by atoms with van der Waals surface area (Å²) in [5.41, 5.74) is -8.57. The Morgan fingerprint density at radius 3 is 2.25 bits per heavy atom. The van der Waals surface area contributed by atoms with Gasteiger partial charge < -0.3 is 14.0 Å². The first-order chi connectivity index (χ1) is 12.5. The van der Waals surface area contributed by atoms with Crippen molar-refractivity contribution in [3.05, 3.63) is 29.1 Å². The Labute approximate surface area is 156 Å². The number of aryl methyl sites for hydroxylation is 1. The van der Waals surface area contributed by atoms with Gasteiger partial charge in [-0.1, -0.05) is 0 Å². The highest BCUT2D eigenvalue weighted by Gasteiger charge is 2.49. The zero-order chi connectivity index (χ0) is 21.7. The molecule has 0 radical (unpaired) electrons. The van der Waals surface area contributed by atoms with E-state index in [0.29, 0.717) is 0 Å². The van der Waals surface area contributed by atoms with E-state index in [-0.39, 0.29) is 5.56 Å². The monoisotopic (exact) mass is 424 g/mol. The fraction of sp³-hybridized carbons (Fsp3) is 0.400. The number of nitrogens with zero attached hydrogens (tertiary/aromatic N) is 2. The molecule has 2 heterocycles. The predicted octanol–water partition coefficient (Wildman–Crippen LogP) is 2.52. The Kier molecular flexibility index (Phi) is 5.10. The first kappa shape index (κ1) is 21.5. The van der Waals surface area contributed by atoms with Crippen LogP contribution in [-0.4, -0.2) is 46.2 Å². The molecule has 0 saturated heterocycles. The molecule has 0 atom stereocenters. The third kappa shape index (κ3) is 4.18. The number of aromatic nitrogens is 2. The Bertz CT molecular complexity index is 1070. The molecule has 0 bridgehead atoms. The van der Waals surface area contributed by atoms with Crippen molar-refractivity contribution < 1.29 is 45.2 Å². The van der Waals surface area contributed by atoms with E-state index < -0.39 is 55.7 Å². The van der Waals surface area contributed by atoms with E-state index in [1.807, 2.05) is 0 Å². The maximum Gasteiger partial charge on any atom is 0.534 e. The molecule has 2 aromatic heterocycles. The number of ether oxygens (including phenoxy) is 1. The van der Waals surface area contributed by atoms with Crippen LogP contribution in [0, 0.1) is 6.92 Å². The summed E-state index contributed by atoms with van der Waals surface area (Å²) in [6, 6.07) is 0.775. The fourth-order valence-corrected chi connectivity index (χ4v) is 2.63. The van der Waals surface area contributed by atoms with E-state index in [4.69, 9.17) is 9.84 Å². The van der Waals surface area contributed by atoms with Gasteiger partial charge in [-0.15, -0.1) is 0 Å². The van der Waals surface area contributed by atoms with Gasteiger partial charge in [-0.2, -0.15) is 26.7 Å². The van der Waals surface area contributed by atoms with Crippen LogP contribution in [0.15, 0.2) is 12.3 Å². The molecule has 2 aromatic rings. The molecule has 0 spiro atoms. The van der Waals surface area contributed by atoms with Crippen molar-refractivity contribution in [1.29, 1.82) is 0 Å². The van der Waals surface area contributed by atoms with Gasteiger partial charge in [0, 0.05) is 12.3 Å². The number of carbonyl (C=O) groups is 2. The van der Waals surface area contributed by atoms with Crippen LogP contribution in [0.2, 0.25) is 0 Å². The largest absolute Gasteiger partial charge is 0.534 e. The summed E-state index contributed by atoms with van der Waals surface area (Å²) in [7, 11) is -6.17. The highest BCUT2D eigenvalue weighted by atomic mass is 32.2. The van der Waals surface area contributed by atoms with Crippen LogP contribution in [0.25, 0.3) is 5.52 Å². The van der Waals surface area contributed by atoms with Crippen LogP contribution in [-0.2, 0) is 14.9 Å². The number of carboxylic acids is 1. The number of carboxylic acid groups (broad SMARTS) is 1. The normalized spacial score (nSPS) is 12.8. The summed E-state index contributed by atoms with van der Waals surface area (Å²) in [5.74, 6) is -3.71. The summed E-state index contributed by atoms with van der Waals surface area (Å²) in [5, 5.41) is 12.6. The second-order valence-corrected chi connectivity index (χ2v) is 8.20. The second-order valence-electron chi connectivity index (χ2n) is 6.67. The van der Waals surface area contributed by atoms with Gasteiger partial charge in [0.2, 0.25) is 0 Å². The molecule has 0 aromatic carbocycles. The molecule has 0 saturated carbocycles. The molecule has 28 heavy (non-hydrogen) atoms. The van der Waals surface area contributed by atoms with E-state index in [2.05, 4.69) is 9.28 Å². The van der Waals surface area contributed by atoms with Crippen LogP contribution < -0.4 is 4.18 Å². The summed E-state index contributed by atoms with van der Waals surface area (Å²) >= 11 is 0. The van der Waals surface area contributed by atoms with Gasteiger partial charge in [0.05, 0.1) is 0 Å². The lowest BCUT2D eigenvalue weighted by atomic mass is 10.1. The maximum atomic E-state index is 12.8. The van der Waals surface area contributed by atoms with Gasteiger partial charge in [-0.05, 0) is 33.3 Å². The molecular weight excluding hydrogens is 409 g/mol. The van der Waals surface area contributed by atoms with Gasteiger partial charge in [0.1, 0.15) is 16.7 Å². The van der Waals surface area contributed by atoms with Crippen molar-refractivity contribution in [1.82, 2.24) is 9.61 Å². The Hall–Kier alpha value is -2.83. The summed E-state index contributed by atoms with van der Waals surface area (Å²) in [4.78, 5) is 23.6. The van der Waals surface area contributed by atoms with Gasteiger partial charge in [-0.25, -0.2) is 14.1 Å². The average molecular weight is 424 g/mol. The van der Waals surface area contributed by atoms with Crippen LogP contribution in [0.5, 0.6) is 5.75 Å². The number of halogens is 3. The van der Waals surface area contributed by atoms with E-state index in [1.54, 1.807) is 0 Å². The molecule has 9 nitrogen and oxygen atoms in total. The van der Waals surface area contributed by atoms with Crippen molar-refractivity contribution in [2.45, 2.75) is 38.8 Å². The molecule has 0 fully saturated rings. The van der Waals surface area contributed by atoms with Crippen LogP contribution in [0.4, 0.5) is 13.2 Å². The third-order valence-electron chi connectivity index (χ3n) is 3.20. The molecule has 2 rings (SSSR count). The first-order valence-electron chi connectivity index (χ1n) is 7.54. The zero-order valence-electron chi connectivity index (χ0n) is 15.0. The van der Waals surface area contributed by atoms with Gasteiger partial charge >= 0.3 is 27.6 Å². The summed E-state index contributed by atoms with van der Waals surface area (Å²) in [6.07, 6.45) is 1.13. The smallest absolute Gasteiger partial charge is 0.476 e. The minimum absolute atomic E-state index is 0.0471.